The quantitative estimate of drug-likeness (QED) is 0.778. The van der Waals surface area contributed by atoms with Crippen LogP contribution in [0.5, 0.6) is 5.75 Å². The molecule has 1 saturated carbocycles. The second-order valence-electron chi connectivity index (χ2n) is 4.85. The Balaban J connectivity index is 2.18. The van der Waals surface area contributed by atoms with Crippen LogP contribution in [0.4, 0.5) is 0 Å². The zero-order valence-electron chi connectivity index (χ0n) is 9.61. The summed E-state index contributed by atoms with van der Waals surface area (Å²) in [5.74, 6) is 1.50. The van der Waals surface area contributed by atoms with E-state index in [4.69, 9.17) is 5.26 Å². The molecule has 0 radical (unpaired) electrons. The number of nitrogens with zero attached hydrogens (tertiary/aromatic N) is 1. The molecule has 1 aliphatic rings. The van der Waals surface area contributed by atoms with Crippen LogP contribution in [0.2, 0.25) is 0 Å². The average Bonchev–Trinajstić information content (AvgIpc) is 2.31. The molecule has 1 aliphatic carbocycles. The maximum atomic E-state index is 9.45. The van der Waals surface area contributed by atoms with E-state index in [9.17, 15) is 5.11 Å². The third-order valence-corrected chi connectivity index (χ3v) is 3.63. The lowest BCUT2D eigenvalue weighted by Crippen LogP contribution is -2.10. The van der Waals surface area contributed by atoms with Gasteiger partial charge in [-0.05, 0) is 42.4 Å². The highest BCUT2D eigenvalue weighted by atomic mass is 16.3. The van der Waals surface area contributed by atoms with Crippen molar-refractivity contribution in [1.29, 1.82) is 5.26 Å². The van der Waals surface area contributed by atoms with E-state index >= 15 is 0 Å². The maximum Gasteiger partial charge on any atom is 0.133 e. The fraction of sp³-hybridized carbons (Fsp3) is 0.500. The van der Waals surface area contributed by atoms with Crippen molar-refractivity contribution >= 4 is 0 Å². The van der Waals surface area contributed by atoms with Gasteiger partial charge in [-0.3, -0.25) is 0 Å². The van der Waals surface area contributed by atoms with Gasteiger partial charge in [-0.25, -0.2) is 0 Å². The highest BCUT2D eigenvalue weighted by Gasteiger charge is 2.20. The Labute approximate surface area is 96.5 Å². The first kappa shape index (κ1) is 11.0. The molecule has 16 heavy (non-hydrogen) atoms. The SMILES string of the molecule is CC1CCC(c2ccc(O)c(C#N)c2)CC1. The summed E-state index contributed by atoms with van der Waals surface area (Å²) in [5.41, 5.74) is 1.61. The highest BCUT2D eigenvalue weighted by molar-refractivity contribution is 5.45. The molecule has 1 fully saturated rings. The van der Waals surface area contributed by atoms with Crippen LogP contribution < -0.4 is 0 Å². The minimum absolute atomic E-state index is 0.0930. The number of aromatic hydroxyl groups is 1. The Morgan fingerprint density at radius 3 is 2.56 bits per heavy atom. The summed E-state index contributed by atoms with van der Waals surface area (Å²) in [6.07, 6.45) is 4.95. The van der Waals surface area contributed by atoms with Crippen molar-refractivity contribution in [2.24, 2.45) is 5.92 Å². The van der Waals surface area contributed by atoms with Crippen LogP contribution in [0.15, 0.2) is 18.2 Å². The predicted octanol–water partition coefficient (Wildman–Crippen LogP) is 3.56. The van der Waals surface area contributed by atoms with Gasteiger partial charge in [0.05, 0.1) is 5.56 Å². The number of rotatable bonds is 1. The molecule has 0 amide bonds. The van der Waals surface area contributed by atoms with Gasteiger partial charge in [0.1, 0.15) is 11.8 Å². The van der Waals surface area contributed by atoms with Gasteiger partial charge in [0.25, 0.3) is 0 Å². The van der Waals surface area contributed by atoms with Crippen LogP contribution >= 0.6 is 0 Å². The van der Waals surface area contributed by atoms with Crippen molar-refractivity contribution in [3.63, 3.8) is 0 Å². The molecular formula is C14H17NO. The maximum absolute atomic E-state index is 9.45. The topological polar surface area (TPSA) is 44.0 Å². The lowest BCUT2D eigenvalue weighted by molar-refractivity contribution is 0.347. The molecule has 0 atom stereocenters. The van der Waals surface area contributed by atoms with E-state index in [1.807, 2.05) is 18.2 Å². The summed E-state index contributed by atoms with van der Waals surface area (Å²) in [4.78, 5) is 0. The fourth-order valence-corrected chi connectivity index (χ4v) is 2.49. The molecule has 0 aromatic heterocycles. The molecule has 0 aliphatic heterocycles. The van der Waals surface area contributed by atoms with Gasteiger partial charge in [-0.15, -0.1) is 0 Å². The molecule has 1 aromatic rings. The second-order valence-corrected chi connectivity index (χ2v) is 4.85. The van der Waals surface area contributed by atoms with E-state index in [2.05, 4.69) is 6.92 Å². The molecule has 0 spiro atoms. The normalized spacial score (nSPS) is 25.0. The van der Waals surface area contributed by atoms with E-state index in [0.29, 0.717) is 11.5 Å². The van der Waals surface area contributed by atoms with Gasteiger partial charge in [-0.1, -0.05) is 25.8 Å². The van der Waals surface area contributed by atoms with E-state index in [-0.39, 0.29) is 5.75 Å². The Bertz CT molecular complexity index is 411. The van der Waals surface area contributed by atoms with Gasteiger partial charge >= 0.3 is 0 Å². The van der Waals surface area contributed by atoms with Crippen molar-refractivity contribution < 1.29 is 5.11 Å². The zero-order chi connectivity index (χ0) is 11.5. The minimum Gasteiger partial charge on any atom is -0.507 e. The van der Waals surface area contributed by atoms with Crippen molar-refractivity contribution in [3.8, 4) is 11.8 Å². The van der Waals surface area contributed by atoms with Crippen molar-refractivity contribution in [2.75, 3.05) is 0 Å². The lowest BCUT2D eigenvalue weighted by Gasteiger charge is -2.26. The zero-order valence-corrected chi connectivity index (χ0v) is 9.61. The molecule has 2 rings (SSSR count). The molecule has 1 aromatic carbocycles. The first-order chi connectivity index (χ1) is 7.70. The summed E-state index contributed by atoms with van der Waals surface area (Å²) >= 11 is 0. The summed E-state index contributed by atoms with van der Waals surface area (Å²) < 4.78 is 0. The van der Waals surface area contributed by atoms with Gasteiger partial charge in [0.15, 0.2) is 0 Å². The molecule has 0 bridgehead atoms. The molecule has 0 unspecified atom stereocenters. The number of phenolic OH excluding ortho intramolecular Hbond substituents is 1. The van der Waals surface area contributed by atoms with E-state index in [0.717, 1.165) is 5.92 Å². The summed E-state index contributed by atoms with van der Waals surface area (Å²) in [6.45, 7) is 2.30. The molecule has 84 valence electrons. The molecule has 2 heteroatoms. The Hall–Kier alpha value is -1.49. The van der Waals surface area contributed by atoms with Crippen LogP contribution in [0.1, 0.15) is 49.7 Å². The first-order valence-electron chi connectivity index (χ1n) is 5.93. The standard InChI is InChI=1S/C14H17NO/c1-10-2-4-11(5-3-10)12-6-7-14(16)13(8-12)9-15/h6-8,10-11,16H,2-5H2,1H3. The third kappa shape index (κ3) is 2.19. The second kappa shape index (κ2) is 4.57. The Morgan fingerprint density at radius 2 is 1.94 bits per heavy atom. The van der Waals surface area contributed by atoms with Crippen molar-refractivity contribution in [2.45, 2.75) is 38.5 Å². The smallest absolute Gasteiger partial charge is 0.133 e. The van der Waals surface area contributed by atoms with Crippen LogP contribution in [0.3, 0.4) is 0 Å². The Kier molecular flexibility index (Phi) is 3.14. The number of phenols is 1. The molecule has 2 nitrogen and oxygen atoms in total. The monoisotopic (exact) mass is 215 g/mol. The summed E-state index contributed by atoms with van der Waals surface area (Å²) in [6, 6.07) is 7.48. The third-order valence-electron chi connectivity index (χ3n) is 3.63. The van der Waals surface area contributed by atoms with Crippen LogP contribution in [-0.2, 0) is 0 Å². The lowest BCUT2D eigenvalue weighted by atomic mass is 9.79. The number of nitriles is 1. The summed E-state index contributed by atoms with van der Waals surface area (Å²) in [5, 5.41) is 18.3. The summed E-state index contributed by atoms with van der Waals surface area (Å²) in [7, 11) is 0. The largest absolute Gasteiger partial charge is 0.507 e. The predicted molar refractivity (Wildman–Crippen MR) is 63.2 cm³/mol. The minimum atomic E-state index is 0.0930. The van der Waals surface area contributed by atoms with E-state index in [1.54, 1.807) is 6.07 Å². The average molecular weight is 215 g/mol. The van der Waals surface area contributed by atoms with E-state index in [1.165, 1.54) is 31.2 Å². The van der Waals surface area contributed by atoms with Gasteiger partial charge in [-0.2, -0.15) is 5.26 Å². The molecule has 0 saturated heterocycles. The highest BCUT2D eigenvalue weighted by Crippen LogP contribution is 2.36. The number of hydrogen-bond acceptors (Lipinski definition) is 2. The van der Waals surface area contributed by atoms with E-state index < -0.39 is 0 Å². The van der Waals surface area contributed by atoms with Crippen molar-refractivity contribution in [1.82, 2.24) is 0 Å². The van der Waals surface area contributed by atoms with Crippen molar-refractivity contribution in [3.05, 3.63) is 29.3 Å². The fourth-order valence-electron chi connectivity index (χ4n) is 2.49. The first-order valence-corrected chi connectivity index (χ1v) is 5.93. The molecule has 0 heterocycles. The molecular weight excluding hydrogens is 198 g/mol. The number of benzene rings is 1. The Morgan fingerprint density at radius 1 is 1.25 bits per heavy atom. The van der Waals surface area contributed by atoms with Crippen LogP contribution in [-0.4, -0.2) is 5.11 Å². The molecule has 1 N–H and O–H groups in total. The van der Waals surface area contributed by atoms with Gasteiger partial charge in [0, 0.05) is 0 Å². The number of hydrogen-bond donors (Lipinski definition) is 1. The van der Waals surface area contributed by atoms with Gasteiger partial charge in [0.2, 0.25) is 0 Å². The van der Waals surface area contributed by atoms with Gasteiger partial charge < -0.3 is 5.11 Å². The van der Waals surface area contributed by atoms with Crippen LogP contribution in [0.25, 0.3) is 0 Å². The van der Waals surface area contributed by atoms with Crippen LogP contribution in [0, 0.1) is 17.2 Å².